The second-order valence-electron chi connectivity index (χ2n) is 1.18. The third kappa shape index (κ3) is 6.05. The highest BCUT2D eigenvalue weighted by Gasteiger charge is 1.84. The van der Waals surface area contributed by atoms with Gasteiger partial charge < -0.3 is 0 Å². The molecule has 0 unspecified atom stereocenters. The Labute approximate surface area is 74.5 Å². The fraction of sp³-hybridized carbons (Fsp3) is 0.250. The predicted octanol–water partition coefficient (Wildman–Crippen LogP) is 3.46. The Morgan fingerprint density at radius 3 is 1.30 bits per heavy atom. The quantitative estimate of drug-likeness (QED) is 0.465. The van der Waals surface area contributed by atoms with E-state index in [1.165, 1.54) is 0 Å². The molecule has 0 aromatic rings. The highest BCUT2D eigenvalue weighted by Crippen LogP contribution is 2.13. The van der Waals surface area contributed by atoms with Crippen molar-refractivity contribution in [2.24, 2.45) is 0 Å². The zero-order chi connectivity index (χ0) is 8.57. The van der Waals surface area contributed by atoms with E-state index in [-0.39, 0.29) is 0 Å². The van der Waals surface area contributed by atoms with Gasteiger partial charge in [-0.1, -0.05) is 39.2 Å². The summed E-state index contributed by atoms with van der Waals surface area (Å²) in [4.78, 5) is 1.51. The fourth-order valence-electron chi connectivity index (χ4n) is 0.209. The Morgan fingerprint density at radius 2 is 1.20 bits per heavy atom. The van der Waals surface area contributed by atoms with Crippen LogP contribution in [0.25, 0.3) is 0 Å². The molecule has 0 bridgehead atoms. The van der Waals surface area contributed by atoms with Crippen molar-refractivity contribution in [2.75, 3.05) is 0 Å². The monoisotopic (exact) mass is 174 g/mol. The molecule has 0 fully saturated rings. The van der Waals surface area contributed by atoms with Crippen molar-refractivity contribution in [1.29, 1.82) is 0 Å². The van der Waals surface area contributed by atoms with Crippen molar-refractivity contribution in [2.45, 2.75) is 13.8 Å². The van der Waals surface area contributed by atoms with Gasteiger partial charge in [-0.15, -0.1) is 25.3 Å². The highest BCUT2D eigenvalue weighted by molar-refractivity contribution is 7.88. The number of allylic oxidation sites excluding steroid dienone is 2. The van der Waals surface area contributed by atoms with Gasteiger partial charge in [-0.2, -0.15) is 0 Å². The van der Waals surface area contributed by atoms with Crippen molar-refractivity contribution in [3.8, 4) is 0 Å². The molecule has 0 aliphatic heterocycles. The summed E-state index contributed by atoms with van der Waals surface area (Å²) in [7, 11) is 0. The van der Waals surface area contributed by atoms with Crippen LogP contribution in [0.5, 0.6) is 0 Å². The third-order valence-corrected chi connectivity index (χ3v) is 1.67. The summed E-state index contributed by atoms with van der Waals surface area (Å²) in [6.45, 7) is 11.0. The van der Waals surface area contributed by atoms with Gasteiger partial charge in [0.2, 0.25) is 0 Å². The van der Waals surface area contributed by atoms with Crippen molar-refractivity contribution in [3.63, 3.8) is 0 Å². The summed E-state index contributed by atoms with van der Waals surface area (Å²) in [5, 5.41) is 0. The molecule has 0 saturated carbocycles. The zero-order valence-electron chi connectivity index (χ0n) is 6.46. The molecular formula is C8H14S2. The smallest absolute Gasteiger partial charge is 0.0168 e. The van der Waals surface area contributed by atoms with Gasteiger partial charge in [0.15, 0.2) is 0 Å². The zero-order valence-corrected chi connectivity index (χ0v) is 8.25. The lowest BCUT2D eigenvalue weighted by molar-refractivity contribution is 1.50. The molecule has 0 aliphatic rings. The molecule has 0 N–H and O–H groups in total. The fourth-order valence-corrected chi connectivity index (χ4v) is 0.392. The molecule has 0 saturated heterocycles. The van der Waals surface area contributed by atoms with E-state index in [4.69, 9.17) is 0 Å². The maximum absolute atomic E-state index is 4.02. The molecular weight excluding hydrogens is 160 g/mol. The van der Waals surface area contributed by atoms with Crippen LogP contribution in [0.15, 0.2) is 35.1 Å². The molecule has 0 nitrogen and oxygen atoms in total. The van der Waals surface area contributed by atoms with Crippen molar-refractivity contribution in [3.05, 3.63) is 35.1 Å². The van der Waals surface area contributed by atoms with Crippen molar-refractivity contribution < 1.29 is 0 Å². The predicted molar refractivity (Wildman–Crippen MR) is 56.7 cm³/mol. The molecule has 0 rings (SSSR count). The highest BCUT2D eigenvalue weighted by atomic mass is 32.1. The summed E-state index contributed by atoms with van der Waals surface area (Å²) in [5.41, 5.74) is 0. The molecule has 0 radical (unpaired) electrons. The van der Waals surface area contributed by atoms with E-state index in [0.717, 1.165) is 9.81 Å². The van der Waals surface area contributed by atoms with Crippen LogP contribution in [-0.4, -0.2) is 0 Å². The minimum atomic E-state index is 0.753. The van der Waals surface area contributed by atoms with E-state index in [0.29, 0.717) is 0 Å². The first-order chi connectivity index (χ1) is 4.72. The summed E-state index contributed by atoms with van der Waals surface area (Å²) in [6, 6.07) is 0. The van der Waals surface area contributed by atoms with Crippen molar-refractivity contribution in [1.82, 2.24) is 0 Å². The Hall–Kier alpha value is -0.0800. The van der Waals surface area contributed by atoms with Gasteiger partial charge in [0.1, 0.15) is 0 Å². The minimum Gasteiger partial charge on any atom is -0.142 e. The second-order valence-corrected chi connectivity index (χ2v) is 2.14. The average Bonchev–Trinajstić information content (AvgIpc) is 2.05. The second kappa shape index (κ2) is 8.92. The summed E-state index contributed by atoms with van der Waals surface area (Å²) < 4.78 is 0. The Bertz CT molecular complexity index is 118. The van der Waals surface area contributed by atoms with Crippen LogP contribution in [0.1, 0.15) is 13.8 Å². The molecule has 0 atom stereocenters. The topological polar surface area (TPSA) is 0 Å². The largest absolute Gasteiger partial charge is 0.142 e. The molecule has 0 aromatic carbocycles. The van der Waals surface area contributed by atoms with Gasteiger partial charge in [0.25, 0.3) is 0 Å². The van der Waals surface area contributed by atoms with E-state index in [2.05, 4.69) is 38.4 Å². The van der Waals surface area contributed by atoms with E-state index in [9.17, 15) is 0 Å². The first-order valence-electron chi connectivity index (χ1n) is 3.09. The van der Waals surface area contributed by atoms with Gasteiger partial charge in [-0.05, 0) is 0 Å². The average molecular weight is 174 g/mol. The Kier molecular flexibility index (Phi) is 11.2. The maximum Gasteiger partial charge on any atom is 0.0168 e. The van der Waals surface area contributed by atoms with E-state index < -0.39 is 0 Å². The van der Waals surface area contributed by atoms with Gasteiger partial charge in [-0.25, -0.2) is 0 Å². The molecule has 0 aliphatic carbocycles. The summed E-state index contributed by atoms with van der Waals surface area (Å²) >= 11 is 8.04. The first kappa shape index (κ1) is 12.6. The van der Waals surface area contributed by atoms with Crippen LogP contribution in [0, 0.1) is 0 Å². The Balaban J connectivity index is 0. The van der Waals surface area contributed by atoms with Crippen LogP contribution in [-0.2, 0) is 0 Å². The SMILES string of the molecule is C=C/C(S)=C(/S)C=C.CC. The summed E-state index contributed by atoms with van der Waals surface area (Å²) in [5.74, 6) is 0. The number of hydrogen-bond acceptors (Lipinski definition) is 2. The molecule has 0 amide bonds. The standard InChI is InChI=1S/C6H8S2.C2H6/c1-3-5(7)6(8)4-2;1-2/h3-4,7-8H,1-2H2;1-2H3/b6-5-;. The van der Waals surface area contributed by atoms with Crippen LogP contribution in [0.2, 0.25) is 0 Å². The molecule has 2 heteroatoms. The first-order valence-corrected chi connectivity index (χ1v) is 3.99. The summed E-state index contributed by atoms with van der Waals surface area (Å²) in [6.07, 6.45) is 3.24. The minimum absolute atomic E-state index is 0.753. The number of thiol groups is 2. The van der Waals surface area contributed by atoms with Crippen LogP contribution >= 0.6 is 25.3 Å². The van der Waals surface area contributed by atoms with Crippen LogP contribution in [0.4, 0.5) is 0 Å². The van der Waals surface area contributed by atoms with E-state index >= 15 is 0 Å². The normalized spacial score (nSPS) is 10.4. The lowest BCUT2D eigenvalue weighted by atomic mass is 10.5. The molecule has 0 spiro atoms. The van der Waals surface area contributed by atoms with Gasteiger partial charge >= 0.3 is 0 Å². The van der Waals surface area contributed by atoms with Gasteiger partial charge in [0, 0.05) is 9.81 Å². The maximum atomic E-state index is 4.02. The number of rotatable bonds is 2. The van der Waals surface area contributed by atoms with Gasteiger partial charge in [-0.3, -0.25) is 0 Å². The lowest BCUT2D eigenvalue weighted by Crippen LogP contribution is -1.64. The van der Waals surface area contributed by atoms with Gasteiger partial charge in [0.05, 0.1) is 0 Å². The third-order valence-electron chi connectivity index (χ3n) is 0.649. The van der Waals surface area contributed by atoms with E-state index in [1.54, 1.807) is 12.2 Å². The van der Waals surface area contributed by atoms with Crippen LogP contribution < -0.4 is 0 Å². The molecule has 58 valence electrons. The molecule has 0 aromatic heterocycles. The molecule has 10 heavy (non-hydrogen) atoms. The molecule has 0 heterocycles. The Morgan fingerprint density at radius 1 is 1.00 bits per heavy atom. The number of hydrogen-bond donors (Lipinski definition) is 2. The van der Waals surface area contributed by atoms with E-state index in [1.807, 2.05) is 13.8 Å². The van der Waals surface area contributed by atoms with Crippen LogP contribution in [0.3, 0.4) is 0 Å². The van der Waals surface area contributed by atoms with Crippen molar-refractivity contribution >= 4 is 25.3 Å². The lowest BCUT2D eigenvalue weighted by Gasteiger charge is -1.90.